The fourth-order valence-electron chi connectivity index (χ4n) is 2.47. The van der Waals surface area contributed by atoms with Crippen LogP contribution in [0.1, 0.15) is 11.1 Å². The third kappa shape index (κ3) is 4.49. The van der Waals surface area contributed by atoms with Crippen LogP contribution in [-0.4, -0.2) is 45.9 Å². The normalized spacial score (nSPS) is 15.5. The molecule has 156 valence electrons. The minimum Gasteiger partial charge on any atom is -0.504 e. The number of thioether (sulfide) groups is 1. The lowest BCUT2D eigenvalue weighted by Gasteiger charge is -2.09. The number of carbonyl (C=O) groups is 1. The second-order valence-corrected chi connectivity index (χ2v) is 8.32. The van der Waals surface area contributed by atoms with Crippen LogP contribution in [0.15, 0.2) is 34.3 Å². The molecule has 1 fully saturated rings. The van der Waals surface area contributed by atoms with Crippen molar-refractivity contribution in [3.63, 3.8) is 0 Å². The molecular weight excluding hydrogens is 471 g/mol. The van der Waals surface area contributed by atoms with Gasteiger partial charge in [-0.05, 0) is 36.0 Å². The van der Waals surface area contributed by atoms with E-state index in [9.17, 15) is 15.0 Å². The molecule has 0 spiro atoms. The van der Waals surface area contributed by atoms with E-state index in [1.807, 2.05) is 0 Å². The smallest absolute Gasteiger partial charge is 0.286 e. The fourth-order valence-corrected chi connectivity index (χ4v) is 4.06. The summed E-state index contributed by atoms with van der Waals surface area (Å²) in [7, 11) is 2.81. The predicted molar refractivity (Wildman–Crippen MR) is 122 cm³/mol. The number of halogens is 2. The van der Waals surface area contributed by atoms with Crippen molar-refractivity contribution < 1.29 is 24.5 Å². The Morgan fingerprint density at radius 3 is 2.13 bits per heavy atom. The molecule has 1 aliphatic heterocycles. The molecule has 30 heavy (non-hydrogen) atoms. The number of nitrogens with zero attached hydrogens (tertiary/aromatic N) is 2. The van der Waals surface area contributed by atoms with Crippen LogP contribution < -0.4 is 9.47 Å². The quantitative estimate of drug-likeness (QED) is 0.362. The molecule has 0 aromatic heterocycles. The number of benzene rings is 2. The van der Waals surface area contributed by atoms with Gasteiger partial charge in [0.25, 0.3) is 5.91 Å². The highest BCUT2D eigenvalue weighted by Gasteiger charge is 2.32. The number of hydrazone groups is 1. The van der Waals surface area contributed by atoms with Crippen molar-refractivity contribution in [2.75, 3.05) is 14.2 Å². The average Bonchev–Trinajstić information content (AvgIpc) is 2.96. The van der Waals surface area contributed by atoms with Gasteiger partial charge in [-0.2, -0.15) is 10.1 Å². The third-order valence-electron chi connectivity index (χ3n) is 3.97. The zero-order valence-corrected chi connectivity index (χ0v) is 18.7. The first-order valence-electron chi connectivity index (χ1n) is 8.20. The molecule has 0 radical (unpaired) electrons. The summed E-state index contributed by atoms with van der Waals surface area (Å²) in [4.78, 5) is 13.0. The van der Waals surface area contributed by atoms with E-state index >= 15 is 0 Å². The number of hydrogen-bond acceptors (Lipinski definition) is 8. The van der Waals surface area contributed by atoms with Gasteiger partial charge >= 0.3 is 0 Å². The first-order chi connectivity index (χ1) is 14.2. The van der Waals surface area contributed by atoms with Crippen molar-refractivity contribution in [2.24, 2.45) is 5.10 Å². The summed E-state index contributed by atoms with van der Waals surface area (Å²) in [5.74, 6) is -0.254. The number of phenols is 2. The van der Waals surface area contributed by atoms with Crippen LogP contribution in [0.2, 0.25) is 10.0 Å². The zero-order chi connectivity index (χ0) is 22.0. The summed E-state index contributed by atoms with van der Waals surface area (Å²) in [6.45, 7) is 0. The third-order valence-corrected chi connectivity index (χ3v) is 5.91. The molecular formula is C19H14Cl2N2O5S2. The van der Waals surface area contributed by atoms with E-state index in [1.165, 1.54) is 50.8 Å². The van der Waals surface area contributed by atoms with Gasteiger partial charge < -0.3 is 19.7 Å². The van der Waals surface area contributed by atoms with Gasteiger partial charge in [0.1, 0.15) is 0 Å². The second kappa shape index (κ2) is 9.13. The van der Waals surface area contributed by atoms with Gasteiger partial charge in [-0.15, -0.1) is 0 Å². The van der Waals surface area contributed by atoms with Crippen molar-refractivity contribution >= 4 is 69.7 Å². The molecule has 1 amide bonds. The molecule has 3 rings (SSSR count). The Bertz CT molecular complexity index is 1100. The van der Waals surface area contributed by atoms with E-state index in [1.54, 1.807) is 0 Å². The summed E-state index contributed by atoms with van der Waals surface area (Å²) >= 11 is 18.6. The largest absolute Gasteiger partial charge is 0.504 e. The molecule has 0 atom stereocenters. The highest BCUT2D eigenvalue weighted by atomic mass is 35.5. The Hall–Kier alpha value is -2.46. The number of amides is 1. The maximum absolute atomic E-state index is 12.8. The van der Waals surface area contributed by atoms with Gasteiger partial charge in [-0.1, -0.05) is 35.0 Å². The number of aromatic hydroxyl groups is 2. The van der Waals surface area contributed by atoms with Gasteiger partial charge in [-0.25, -0.2) is 0 Å². The number of phenolic OH excluding ortho intramolecular Hbond substituents is 2. The summed E-state index contributed by atoms with van der Waals surface area (Å²) in [5, 5.41) is 25.2. The van der Waals surface area contributed by atoms with E-state index in [0.29, 0.717) is 16.0 Å². The molecule has 0 saturated carbocycles. The summed E-state index contributed by atoms with van der Waals surface area (Å²) in [6, 6.07) is 5.63. The first-order valence-corrected chi connectivity index (χ1v) is 10.2. The highest BCUT2D eigenvalue weighted by Crippen LogP contribution is 2.38. The van der Waals surface area contributed by atoms with Crippen LogP contribution in [0.4, 0.5) is 0 Å². The fraction of sp³-hybridized carbons (Fsp3) is 0.105. The molecule has 1 heterocycles. The summed E-state index contributed by atoms with van der Waals surface area (Å²) in [6.07, 6.45) is 2.88. The van der Waals surface area contributed by atoms with Crippen LogP contribution in [0.5, 0.6) is 23.0 Å². The van der Waals surface area contributed by atoms with Crippen molar-refractivity contribution in [1.29, 1.82) is 0 Å². The highest BCUT2D eigenvalue weighted by molar-refractivity contribution is 8.26. The van der Waals surface area contributed by atoms with Crippen LogP contribution in [0, 0.1) is 0 Å². The van der Waals surface area contributed by atoms with Crippen LogP contribution in [0.25, 0.3) is 6.08 Å². The zero-order valence-electron chi connectivity index (χ0n) is 15.6. The molecule has 1 aliphatic rings. The van der Waals surface area contributed by atoms with Gasteiger partial charge in [0.2, 0.25) is 0 Å². The Morgan fingerprint density at radius 1 is 1.03 bits per heavy atom. The maximum atomic E-state index is 12.8. The van der Waals surface area contributed by atoms with Crippen molar-refractivity contribution in [1.82, 2.24) is 5.01 Å². The monoisotopic (exact) mass is 484 g/mol. The van der Waals surface area contributed by atoms with Gasteiger partial charge in [0.15, 0.2) is 27.3 Å². The molecule has 11 heteroatoms. The van der Waals surface area contributed by atoms with E-state index in [0.717, 1.165) is 16.8 Å². The Morgan fingerprint density at radius 2 is 1.57 bits per heavy atom. The molecule has 0 aliphatic carbocycles. The van der Waals surface area contributed by atoms with Crippen LogP contribution in [0.3, 0.4) is 0 Å². The van der Waals surface area contributed by atoms with Crippen molar-refractivity contribution in [3.8, 4) is 23.0 Å². The van der Waals surface area contributed by atoms with Gasteiger partial charge in [0, 0.05) is 17.7 Å². The SMILES string of the molecule is COc1cc(/C=N\N2C(=O)/C(=C/c3cc(OC)c(O)cc3Cl)SC2=S)c(Cl)cc1O. The van der Waals surface area contributed by atoms with Gasteiger partial charge in [0.05, 0.1) is 35.4 Å². The van der Waals surface area contributed by atoms with Gasteiger partial charge in [-0.3, -0.25) is 4.79 Å². The number of carbonyl (C=O) groups excluding carboxylic acids is 1. The van der Waals surface area contributed by atoms with Crippen LogP contribution in [-0.2, 0) is 4.79 Å². The maximum Gasteiger partial charge on any atom is 0.286 e. The lowest BCUT2D eigenvalue weighted by atomic mass is 10.2. The average molecular weight is 485 g/mol. The van der Waals surface area contributed by atoms with Crippen LogP contribution >= 0.6 is 47.2 Å². The predicted octanol–water partition coefficient (Wildman–Crippen LogP) is 4.66. The summed E-state index contributed by atoms with van der Waals surface area (Å²) in [5.41, 5.74) is 0.901. The first kappa shape index (κ1) is 22.2. The number of rotatable bonds is 5. The number of methoxy groups -OCH3 is 2. The second-order valence-electron chi connectivity index (χ2n) is 5.83. The molecule has 2 aromatic carbocycles. The molecule has 0 bridgehead atoms. The van der Waals surface area contributed by atoms with E-state index in [-0.39, 0.29) is 37.4 Å². The minimum absolute atomic E-state index is 0.113. The number of hydrogen-bond donors (Lipinski definition) is 2. The van der Waals surface area contributed by atoms with E-state index in [4.69, 9.17) is 44.9 Å². The van der Waals surface area contributed by atoms with E-state index < -0.39 is 5.91 Å². The Labute approximate surface area is 191 Å². The standard InChI is InChI=1S/C19H14Cl2N2O5S2/c1-27-15-3-9(11(20)6-13(15)24)5-17-18(26)23(19(29)30-17)22-8-10-4-16(28-2)14(25)7-12(10)21/h3-8,24-25H,1-2H3/b17-5-,22-8-. The topological polar surface area (TPSA) is 91.6 Å². The van der Waals surface area contributed by atoms with Crippen molar-refractivity contribution in [3.05, 3.63) is 50.3 Å². The lowest BCUT2D eigenvalue weighted by molar-refractivity contribution is -0.122. The lowest BCUT2D eigenvalue weighted by Crippen LogP contribution is -2.22. The molecule has 7 nitrogen and oxygen atoms in total. The summed E-state index contributed by atoms with van der Waals surface area (Å²) < 4.78 is 10.3. The molecule has 1 saturated heterocycles. The van der Waals surface area contributed by atoms with E-state index in [2.05, 4.69) is 5.10 Å². The molecule has 2 aromatic rings. The molecule has 2 N–H and O–H groups in total. The molecule has 0 unspecified atom stereocenters. The minimum atomic E-state index is -0.453. The number of thiocarbonyl (C=S) groups is 1. The number of ether oxygens (including phenoxy) is 2. The Kier molecular flexibility index (Phi) is 6.77. The Balaban J connectivity index is 1.89. The van der Waals surface area contributed by atoms with Crippen molar-refractivity contribution in [2.45, 2.75) is 0 Å².